The van der Waals surface area contributed by atoms with Crippen LogP contribution in [0.4, 0.5) is 5.13 Å². The Morgan fingerprint density at radius 1 is 1.22 bits per heavy atom. The van der Waals surface area contributed by atoms with Gasteiger partial charge in [0.25, 0.3) is 5.91 Å². The van der Waals surface area contributed by atoms with E-state index in [-0.39, 0.29) is 41.7 Å². The number of anilines is 1. The zero-order valence-electron chi connectivity index (χ0n) is 20.6. The highest BCUT2D eigenvalue weighted by molar-refractivity contribution is 7.19. The van der Waals surface area contributed by atoms with Crippen molar-refractivity contribution in [1.29, 1.82) is 0 Å². The highest BCUT2D eigenvalue weighted by Gasteiger charge is 2.42. The fourth-order valence-corrected chi connectivity index (χ4v) is 6.76. The molecule has 2 aliphatic rings. The highest BCUT2D eigenvalue weighted by atomic mass is 35.5. The molecule has 3 atom stereocenters. The van der Waals surface area contributed by atoms with Crippen LogP contribution in [-0.4, -0.2) is 83.2 Å². The molecule has 2 aromatic heterocycles. The van der Waals surface area contributed by atoms with Crippen molar-refractivity contribution in [3.05, 3.63) is 26.1 Å². The van der Waals surface area contributed by atoms with Crippen molar-refractivity contribution in [3.63, 3.8) is 0 Å². The number of nitrogens with one attached hydrogen (secondary N) is 1. The third-order valence-electron chi connectivity index (χ3n) is 6.47. The lowest BCUT2D eigenvalue weighted by atomic mass is 9.80. The second-order valence-corrected chi connectivity index (χ2v) is 12.0. The van der Waals surface area contributed by atoms with Gasteiger partial charge in [0, 0.05) is 44.4 Å². The summed E-state index contributed by atoms with van der Waals surface area (Å²) < 4.78 is 0.336. The van der Waals surface area contributed by atoms with Gasteiger partial charge >= 0.3 is 11.8 Å². The van der Waals surface area contributed by atoms with Crippen molar-refractivity contribution < 1.29 is 19.2 Å². The van der Waals surface area contributed by atoms with Crippen LogP contribution in [0.5, 0.6) is 0 Å². The summed E-state index contributed by atoms with van der Waals surface area (Å²) >= 11 is 8.44. The molecule has 1 fully saturated rings. The predicted octanol–water partition coefficient (Wildman–Crippen LogP) is 1.54. The Labute approximate surface area is 233 Å². The molecular weight excluding hydrogens is 561 g/mol. The maximum atomic E-state index is 13.3. The van der Waals surface area contributed by atoms with E-state index in [1.165, 1.54) is 27.3 Å². The van der Waals surface area contributed by atoms with Gasteiger partial charge in [-0.2, -0.15) is 0 Å². The number of nitrogens with two attached hydrogens (primary N) is 1. The molecule has 0 spiro atoms. The molecule has 0 saturated heterocycles. The maximum Gasteiger partial charge on any atom is 0.318 e. The van der Waals surface area contributed by atoms with Gasteiger partial charge < -0.3 is 20.9 Å². The Morgan fingerprint density at radius 3 is 2.57 bits per heavy atom. The van der Waals surface area contributed by atoms with Crippen LogP contribution in [0.2, 0.25) is 4.34 Å². The minimum atomic E-state index is -1.14. The van der Waals surface area contributed by atoms with Crippen LogP contribution in [-0.2, 0) is 27.3 Å². The molecule has 0 unspecified atom stereocenters. The van der Waals surface area contributed by atoms with E-state index in [1.807, 2.05) is 7.05 Å². The Hall–Kier alpha value is -2.32. The van der Waals surface area contributed by atoms with Crippen molar-refractivity contribution in [2.24, 2.45) is 11.7 Å². The summed E-state index contributed by atoms with van der Waals surface area (Å²) in [5, 5.41) is 3.54. The van der Waals surface area contributed by atoms with E-state index in [0.717, 1.165) is 41.4 Å². The van der Waals surface area contributed by atoms with Gasteiger partial charge in [-0.1, -0.05) is 22.9 Å². The van der Waals surface area contributed by atoms with E-state index in [4.69, 9.17) is 17.3 Å². The number of hydrogen-bond acceptors (Lipinski definition) is 9. The average Bonchev–Trinajstić information content (AvgIpc) is 3.45. The number of primary amides is 1. The fraction of sp³-hybridized carbons (Fsp3) is 0.545. The molecule has 0 radical (unpaired) electrons. The first-order valence-electron chi connectivity index (χ1n) is 11.5. The minimum absolute atomic E-state index is 0. The summed E-state index contributed by atoms with van der Waals surface area (Å²) in [6.45, 7) is 1.61. The van der Waals surface area contributed by atoms with Gasteiger partial charge in [-0.25, -0.2) is 9.97 Å². The molecule has 1 aliphatic carbocycles. The van der Waals surface area contributed by atoms with Crippen LogP contribution in [0, 0.1) is 5.92 Å². The van der Waals surface area contributed by atoms with E-state index < -0.39 is 23.9 Å². The molecule has 15 heteroatoms. The Kier molecular flexibility index (Phi) is 9.51. The normalized spacial score (nSPS) is 21.4. The molecule has 0 aromatic carbocycles. The standard InChI is InChI=1S/C22H28ClN7O4S2.ClH/c1-28(2)20(33)11-4-5-14(30(21(34)17(24)31)22-25-9-16(23)36-22)13(8-11)26-18(32)19-27-12-6-7-29(3)10-15(12)35-19;/h9,11,13-14H,4-8,10H2,1-3H3,(H2,24,31)(H,26,32);1H/t11-,13+,14-;/m0./s1. The van der Waals surface area contributed by atoms with Gasteiger partial charge in [-0.05, 0) is 26.3 Å². The van der Waals surface area contributed by atoms with Crippen molar-refractivity contribution >= 4 is 75.4 Å². The number of carbonyl (C=O) groups excluding carboxylic acids is 4. The summed E-state index contributed by atoms with van der Waals surface area (Å²) in [6, 6.07) is -1.29. The quantitative estimate of drug-likeness (QED) is 0.503. The Bertz CT molecular complexity index is 1190. The predicted molar refractivity (Wildman–Crippen MR) is 144 cm³/mol. The number of carbonyl (C=O) groups is 4. The molecule has 202 valence electrons. The summed E-state index contributed by atoms with van der Waals surface area (Å²) in [5.74, 6) is -2.89. The van der Waals surface area contributed by atoms with Crippen LogP contribution in [0.3, 0.4) is 0 Å². The molecule has 11 nitrogen and oxygen atoms in total. The largest absolute Gasteiger partial charge is 0.361 e. The maximum absolute atomic E-state index is 13.3. The first-order chi connectivity index (χ1) is 17.0. The number of hydrogen-bond donors (Lipinski definition) is 2. The van der Waals surface area contributed by atoms with E-state index >= 15 is 0 Å². The van der Waals surface area contributed by atoms with Crippen LogP contribution < -0.4 is 16.0 Å². The number of halogens is 2. The SMILES string of the molecule is CN1CCc2nc(C(=O)N[C@@H]3C[C@@H](C(=O)N(C)C)CC[C@@H]3N(C(=O)C(N)=O)c3ncc(Cl)s3)sc2C1.Cl. The van der Waals surface area contributed by atoms with Crippen molar-refractivity contribution in [2.75, 3.05) is 32.6 Å². The van der Waals surface area contributed by atoms with Gasteiger partial charge in [-0.3, -0.25) is 24.1 Å². The molecule has 1 aliphatic heterocycles. The first kappa shape index (κ1) is 29.2. The number of aromatic nitrogens is 2. The number of rotatable bonds is 5. The number of fused-ring (bicyclic) bond motifs is 1. The second kappa shape index (κ2) is 12.0. The van der Waals surface area contributed by atoms with Gasteiger partial charge in [0.2, 0.25) is 5.91 Å². The highest BCUT2D eigenvalue weighted by Crippen LogP contribution is 2.35. The molecule has 2 aromatic rings. The number of amides is 4. The lowest BCUT2D eigenvalue weighted by Gasteiger charge is -2.41. The number of nitrogens with zero attached hydrogens (tertiary/aromatic N) is 5. The van der Waals surface area contributed by atoms with Crippen LogP contribution in [0.25, 0.3) is 0 Å². The summed E-state index contributed by atoms with van der Waals surface area (Å²) in [4.78, 5) is 65.6. The molecule has 4 amide bonds. The van der Waals surface area contributed by atoms with Crippen molar-refractivity contribution in [3.8, 4) is 0 Å². The van der Waals surface area contributed by atoms with Gasteiger partial charge in [0.05, 0.1) is 24.0 Å². The average molecular weight is 591 g/mol. The minimum Gasteiger partial charge on any atom is -0.361 e. The van der Waals surface area contributed by atoms with Crippen LogP contribution in [0.1, 0.15) is 39.6 Å². The van der Waals surface area contributed by atoms with Gasteiger partial charge in [-0.15, -0.1) is 23.7 Å². The second-order valence-electron chi connectivity index (χ2n) is 9.25. The fourth-order valence-electron chi connectivity index (χ4n) is 4.71. The molecule has 37 heavy (non-hydrogen) atoms. The lowest BCUT2D eigenvalue weighted by molar-refractivity contribution is -0.136. The zero-order chi connectivity index (χ0) is 26.1. The summed E-state index contributed by atoms with van der Waals surface area (Å²) in [6.07, 6.45) is 3.25. The van der Waals surface area contributed by atoms with Crippen LogP contribution >= 0.6 is 46.7 Å². The Balaban J connectivity index is 0.00000380. The van der Waals surface area contributed by atoms with Gasteiger partial charge in [0.15, 0.2) is 10.1 Å². The third-order valence-corrected chi connectivity index (χ3v) is 8.66. The summed E-state index contributed by atoms with van der Waals surface area (Å²) in [7, 11) is 5.38. The van der Waals surface area contributed by atoms with Gasteiger partial charge in [0.1, 0.15) is 4.34 Å². The summed E-state index contributed by atoms with van der Waals surface area (Å²) in [5.41, 5.74) is 6.28. The van der Waals surface area contributed by atoms with E-state index in [0.29, 0.717) is 22.2 Å². The molecule has 3 N–H and O–H groups in total. The van der Waals surface area contributed by atoms with Crippen molar-refractivity contribution in [1.82, 2.24) is 25.1 Å². The lowest BCUT2D eigenvalue weighted by Crippen LogP contribution is -2.59. The monoisotopic (exact) mass is 589 g/mol. The smallest absolute Gasteiger partial charge is 0.318 e. The van der Waals surface area contributed by atoms with E-state index in [2.05, 4.69) is 20.2 Å². The molecule has 3 heterocycles. The van der Waals surface area contributed by atoms with Crippen molar-refractivity contribution in [2.45, 2.75) is 44.3 Å². The third kappa shape index (κ3) is 6.40. The Morgan fingerprint density at radius 2 is 1.95 bits per heavy atom. The number of likely N-dealkylation sites (N-methyl/N-ethyl adjacent to an activating group) is 1. The molecule has 4 rings (SSSR count). The molecule has 1 saturated carbocycles. The molecule has 0 bridgehead atoms. The topological polar surface area (TPSA) is 142 Å². The first-order valence-corrected chi connectivity index (χ1v) is 13.5. The van der Waals surface area contributed by atoms with E-state index in [1.54, 1.807) is 14.1 Å². The molecular formula is C22H29Cl2N7O4S2. The van der Waals surface area contributed by atoms with Crippen LogP contribution in [0.15, 0.2) is 6.20 Å². The number of thiazole rings is 2. The zero-order valence-corrected chi connectivity index (χ0v) is 23.8. The van der Waals surface area contributed by atoms with E-state index in [9.17, 15) is 19.2 Å².